The SMILES string of the molecule is CN1CCc2cccc(Nc3cc(Nc4cc(C5CC5)nn4C)ncc3Cl)c2C1=O. The van der Waals surface area contributed by atoms with E-state index in [0.29, 0.717) is 28.0 Å². The highest BCUT2D eigenvalue weighted by Gasteiger charge is 2.27. The van der Waals surface area contributed by atoms with Crippen LogP contribution in [0.1, 0.15) is 40.4 Å². The van der Waals surface area contributed by atoms with Gasteiger partial charge >= 0.3 is 0 Å². The summed E-state index contributed by atoms with van der Waals surface area (Å²) in [6, 6.07) is 9.80. The third-order valence-corrected chi connectivity index (χ3v) is 6.00. The summed E-state index contributed by atoms with van der Waals surface area (Å²) in [4.78, 5) is 18.9. The van der Waals surface area contributed by atoms with Crippen molar-refractivity contribution in [1.29, 1.82) is 0 Å². The minimum absolute atomic E-state index is 0.0189. The zero-order valence-corrected chi connectivity index (χ0v) is 17.7. The van der Waals surface area contributed by atoms with Crippen molar-refractivity contribution < 1.29 is 4.79 Å². The van der Waals surface area contributed by atoms with Gasteiger partial charge in [0.05, 0.1) is 33.9 Å². The van der Waals surface area contributed by atoms with Crippen LogP contribution in [0.3, 0.4) is 0 Å². The maximum absolute atomic E-state index is 12.7. The third kappa shape index (κ3) is 3.50. The van der Waals surface area contributed by atoms with Gasteiger partial charge in [0.15, 0.2) is 0 Å². The van der Waals surface area contributed by atoms with Crippen molar-refractivity contribution in [1.82, 2.24) is 19.7 Å². The van der Waals surface area contributed by atoms with Crippen LogP contribution in [0.4, 0.5) is 23.0 Å². The highest BCUT2D eigenvalue weighted by molar-refractivity contribution is 6.33. The fourth-order valence-electron chi connectivity index (χ4n) is 3.81. The van der Waals surface area contributed by atoms with Crippen molar-refractivity contribution >= 4 is 40.5 Å². The molecule has 1 aromatic carbocycles. The summed E-state index contributed by atoms with van der Waals surface area (Å²) in [5, 5.41) is 11.7. The van der Waals surface area contributed by atoms with Crippen molar-refractivity contribution in [2.24, 2.45) is 7.05 Å². The molecule has 2 aromatic heterocycles. The molecule has 0 saturated heterocycles. The molecule has 0 atom stereocenters. The number of fused-ring (bicyclic) bond motifs is 1. The Hall–Kier alpha value is -3.06. The summed E-state index contributed by atoms with van der Waals surface area (Å²) in [5.41, 5.74) is 4.31. The minimum Gasteiger partial charge on any atom is -0.353 e. The second kappa shape index (κ2) is 7.32. The van der Waals surface area contributed by atoms with E-state index in [4.69, 9.17) is 11.6 Å². The molecule has 30 heavy (non-hydrogen) atoms. The van der Waals surface area contributed by atoms with Gasteiger partial charge in [-0.1, -0.05) is 23.7 Å². The highest BCUT2D eigenvalue weighted by Crippen LogP contribution is 2.40. The Kier molecular flexibility index (Phi) is 4.62. The maximum Gasteiger partial charge on any atom is 0.255 e. The van der Waals surface area contributed by atoms with E-state index >= 15 is 0 Å². The van der Waals surface area contributed by atoms with Crippen LogP contribution in [0.2, 0.25) is 5.02 Å². The van der Waals surface area contributed by atoms with E-state index < -0.39 is 0 Å². The number of nitrogens with one attached hydrogen (secondary N) is 2. The molecule has 7 nitrogen and oxygen atoms in total. The fraction of sp³-hybridized carbons (Fsp3) is 0.318. The van der Waals surface area contributed by atoms with Crippen molar-refractivity contribution in [2.45, 2.75) is 25.2 Å². The predicted molar refractivity (Wildman–Crippen MR) is 118 cm³/mol. The van der Waals surface area contributed by atoms with Gasteiger partial charge in [-0.15, -0.1) is 0 Å². The van der Waals surface area contributed by atoms with Gasteiger partial charge in [-0.25, -0.2) is 4.98 Å². The maximum atomic E-state index is 12.7. The van der Waals surface area contributed by atoms with Gasteiger partial charge in [-0.3, -0.25) is 9.48 Å². The van der Waals surface area contributed by atoms with Crippen LogP contribution >= 0.6 is 11.6 Å². The van der Waals surface area contributed by atoms with E-state index in [1.807, 2.05) is 43.0 Å². The molecule has 1 fully saturated rings. The number of benzene rings is 1. The first-order chi connectivity index (χ1) is 14.5. The number of nitrogens with zero attached hydrogens (tertiary/aromatic N) is 4. The molecule has 5 rings (SSSR count). The molecule has 8 heteroatoms. The van der Waals surface area contributed by atoms with Crippen molar-refractivity contribution in [3.05, 3.63) is 58.4 Å². The summed E-state index contributed by atoms with van der Waals surface area (Å²) in [6.45, 7) is 0.729. The Balaban J connectivity index is 1.43. The number of carbonyl (C=O) groups is 1. The molecular weight excluding hydrogens is 400 g/mol. The van der Waals surface area contributed by atoms with Gasteiger partial charge in [-0.05, 0) is 30.9 Å². The van der Waals surface area contributed by atoms with Crippen molar-refractivity contribution in [3.8, 4) is 0 Å². The van der Waals surface area contributed by atoms with Crippen LogP contribution in [-0.4, -0.2) is 39.2 Å². The molecule has 3 aromatic rings. The quantitative estimate of drug-likeness (QED) is 0.634. The number of hydrogen-bond donors (Lipinski definition) is 2. The molecule has 154 valence electrons. The molecular formula is C22H23ClN6O. The molecule has 0 bridgehead atoms. The van der Waals surface area contributed by atoms with Crippen LogP contribution in [-0.2, 0) is 13.5 Å². The smallest absolute Gasteiger partial charge is 0.255 e. The van der Waals surface area contributed by atoms with E-state index in [1.54, 1.807) is 11.1 Å². The Morgan fingerprint density at radius 2 is 1.97 bits per heavy atom. The van der Waals surface area contributed by atoms with E-state index in [2.05, 4.69) is 26.8 Å². The normalized spacial score (nSPS) is 15.8. The molecule has 0 radical (unpaired) electrons. The number of likely N-dealkylation sites (N-methyl/N-ethyl adjacent to an activating group) is 1. The van der Waals surface area contributed by atoms with Crippen LogP contribution < -0.4 is 10.6 Å². The van der Waals surface area contributed by atoms with Crippen molar-refractivity contribution in [2.75, 3.05) is 24.2 Å². The Morgan fingerprint density at radius 3 is 2.77 bits per heavy atom. The molecule has 3 heterocycles. The summed E-state index contributed by atoms with van der Waals surface area (Å²) >= 11 is 6.42. The topological polar surface area (TPSA) is 75.1 Å². The second-order valence-corrected chi connectivity index (χ2v) is 8.38. The number of anilines is 4. The summed E-state index contributed by atoms with van der Waals surface area (Å²) < 4.78 is 1.83. The lowest BCUT2D eigenvalue weighted by atomic mass is 9.97. The molecule has 1 amide bonds. The lowest BCUT2D eigenvalue weighted by Crippen LogP contribution is -2.34. The Bertz CT molecular complexity index is 1140. The number of rotatable bonds is 5. The molecule has 1 aliphatic carbocycles. The standard InChI is InChI=1S/C22H23ClN6O/c1-28-9-8-14-4-3-5-16(21(14)22(28)30)25-18-10-19(24-12-15(18)23)26-20-11-17(13-6-7-13)27-29(20)2/h3-5,10-13H,6-9H2,1-2H3,(H2,24,25,26). The van der Waals surface area contributed by atoms with E-state index in [-0.39, 0.29) is 5.91 Å². The van der Waals surface area contributed by atoms with Crippen LogP contribution in [0.25, 0.3) is 0 Å². The average Bonchev–Trinajstić information content (AvgIpc) is 3.52. The lowest BCUT2D eigenvalue weighted by molar-refractivity contribution is 0.0782. The fourth-order valence-corrected chi connectivity index (χ4v) is 3.96. The monoisotopic (exact) mass is 422 g/mol. The predicted octanol–water partition coefficient (Wildman–Crippen LogP) is 4.46. The first-order valence-corrected chi connectivity index (χ1v) is 10.5. The van der Waals surface area contributed by atoms with Crippen LogP contribution in [0.15, 0.2) is 36.5 Å². The van der Waals surface area contributed by atoms with E-state index in [1.165, 1.54) is 12.8 Å². The minimum atomic E-state index is 0.0189. The molecule has 2 N–H and O–H groups in total. The molecule has 0 spiro atoms. The number of amides is 1. The number of carbonyl (C=O) groups excluding carboxylic acids is 1. The number of pyridine rings is 1. The van der Waals surface area contributed by atoms with Crippen molar-refractivity contribution in [3.63, 3.8) is 0 Å². The van der Waals surface area contributed by atoms with Gasteiger partial charge in [0.25, 0.3) is 5.91 Å². The summed E-state index contributed by atoms with van der Waals surface area (Å²) in [7, 11) is 3.74. The number of halogens is 1. The zero-order valence-electron chi connectivity index (χ0n) is 16.9. The number of aryl methyl sites for hydroxylation is 1. The lowest BCUT2D eigenvalue weighted by Gasteiger charge is -2.27. The van der Waals surface area contributed by atoms with Gasteiger partial charge in [-0.2, -0.15) is 5.10 Å². The number of hydrogen-bond acceptors (Lipinski definition) is 5. The average molecular weight is 423 g/mol. The zero-order chi connectivity index (χ0) is 20.8. The van der Waals surface area contributed by atoms with Gasteiger partial charge in [0.1, 0.15) is 11.6 Å². The van der Waals surface area contributed by atoms with Crippen LogP contribution in [0.5, 0.6) is 0 Å². The first kappa shape index (κ1) is 18.9. The van der Waals surface area contributed by atoms with Gasteiger partial charge < -0.3 is 15.5 Å². The van der Waals surface area contributed by atoms with E-state index in [9.17, 15) is 4.79 Å². The van der Waals surface area contributed by atoms with Gasteiger partial charge in [0, 0.05) is 38.7 Å². The van der Waals surface area contributed by atoms with Gasteiger partial charge in [0.2, 0.25) is 0 Å². The Morgan fingerprint density at radius 1 is 1.13 bits per heavy atom. The number of aromatic nitrogens is 3. The molecule has 0 unspecified atom stereocenters. The molecule has 2 aliphatic rings. The summed E-state index contributed by atoms with van der Waals surface area (Å²) in [6.07, 6.45) is 4.86. The molecule has 1 saturated carbocycles. The Labute approximate surface area is 180 Å². The largest absolute Gasteiger partial charge is 0.353 e. The third-order valence-electron chi connectivity index (χ3n) is 5.70. The second-order valence-electron chi connectivity index (χ2n) is 7.97. The highest BCUT2D eigenvalue weighted by atomic mass is 35.5. The van der Waals surface area contributed by atoms with Crippen LogP contribution in [0, 0.1) is 0 Å². The molecule has 1 aliphatic heterocycles. The van der Waals surface area contributed by atoms with E-state index in [0.717, 1.165) is 35.7 Å². The first-order valence-electron chi connectivity index (χ1n) is 10.1. The summed E-state index contributed by atoms with van der Waals surface area (Å²) in [5.74, 6) is 2.14.